The van der Waals surface area contributed by atoms with Gasteiger partial charge in [-0.1, -0.05) is 290 Å². The monoisotopic (exact) mass is 1070 g/mol. The first kappa shape index (κ1) is 21.8. The summed E-state index contributed by atoms with van der Waals surface area (Å²) in [4.78, 5) is 0. The Kier molecular flexibility index (Phi) is 6.16. The van der Waals surface area contributed by atoms with Crippen LogP contribution in [0.5, 0.6) is 0 Å². The highest BCUT2D eigenvalue weighted by Gasteiger charge is 2.20. The summed E-state index contributed by atoms with van der Waals surface area (Å²) < 4.78 is 324. The third kappa shape index (κ3) is 9.14. The van der Waals surface area contributed by atoms with E-state index >= 15 is 0 Å². The molecule has 0 radical (unpaired) electrons. The van der Waals surface area contributed by atoms with Gasteiger partial charge < -0.3 is 10.0 Å². The molecule has 0 atom stereocenters. The molecule has 0 aliphatic rings. The molecule has 0 aliphatic heterocycles. The lowest BCUT2D eigenvalue weighted by atomic mass is 9.76. The number of rotatable bonds is 6. The fourth-order valence-corrected chi connectivity index (χ4v) is 9.22. The number of hydrogen-bond acceptors (Lipinski definition) is 2. The van der Waals surface area contributed by atoms with Crippen LogP contribution in [0.15, 0.2) is 295 Å². The van der Waals surface area contributed by atoms with Crippen LogP contribution in [0.1, 0.15) is 52.1 Å². The summed E-state index contributed by atoms with van der Waals surface area (Å²) >= 11 is 3.26. The second-order valence-corrected chi connectivity index (χ2v) is 16.9. The third-order valence-corrected chi connectivity index (χ3v) is 12.6. The Bertz CT molecular complexity index is 6460. The van der Waals surface area contributed by atoms with E-state index in [-0.39, 0.29) is 76.3 Å². The lowest BCUT2D eigenvalue weighted by molar-refractivity contribution is 0.426. The molecule has 0 unspecified atom stereocenters. The van der Waals surface area contributed by atoms with E-state index in [1.54, 1.807) is 60.7 Å². The summed E-state index contributed by atoms with van der Waals surface area (Å²) in [5.74, 6) is 0. The highest BCUT2D eigenvalue weighted by atomic mass is 79.9. The molecule has 76 heavy (non-hydrogen) atoms. The van der Waals surface area contributed by atoms with Crippen molar-refractivity contribution in [2.24, 2.45) is 0 Å². The second kappa shape index (κ2) is 21.5. The van der Waals surface area contributed by atoms with Crippen LogP contribution in [0.4, 0.5) is 0 Å². The number of halogens is 1. The minimum Gasteiger partial charge on any atom is -0.423 e. The molecule has 2 N–H and O–H groups in total. The first-order valence-electron chi connectivity index (χ1n) is 41.6. The van der Waals surface area contributed by atoms with Gasteiger partial charge in [-0.05, 0) is 142 Å². The van der Waals surface area contributed by atoms with Crippen molar-refractivity contribution >= 4 is 93.1 Å². The van der Waals surface area contributed by atoms with Gasteiger partial charge in [0.15, 0.2) is 0 Å². The van der Waals surface area contributed by atoms with Crippen molar-refractivity contribution in [1.82, 2.24) is 0 Å². The van der Waals surface area contributed by atoms with Crippen LogP contribution in [-0.4, -0.2) is 17.2 Å². The molecule has 0 heterocycles. The maximum Gasteiger partial charge on any atom is 0.489 e. The van der Waals surface area contributed by atoms with Gasteiger partial charge >= 0.3 is 7.12 Å². The van der Waals surface area contributed by atoms with Gasteiger partial charge in [-0.3, -0.25) is 0 Å². The zero-order chi connectivity index (χ0) is 84.4. The van der Waals surface area contributed by atoms with Crippen molar-refractivity contribution in [3.05, 3.63) is 295 Å². The first-order valence-corrected chi connectivity index (χ1v) is 23.4. The molecule has 0 fully saturated rings. The van der Waals surface area contributed by atoms with Crippen LogP contribution in [0.25, 0.3) is 120 Å². The molecular formula is C72H50BBrO2. The average molecular weight is 1080 g/mol. The van der Waals surface area contributed by atoms with Crippen molar-refractivity contribution in [3.8, 4) is 55.6 Å². The molecule has 0 spiro atoms. The smallest absolute Gasteiger partial charge is 0.423 e. The third-order valence-electron chi connectivity index (χ3n) is 11.9. The van der Waals surface area contributed by atoms with Crippen LogP contribution in [0.3, 0.4) is 0 Å². The molecule has 0 amide bonds. The van der Waals surface area contributed by atoms with E-state index in [4.69, 9.17) is 46.6 Å². The van der Waals surface area contributed by atoms with E-state index in [9.17, 15) is 15.5 Å². The van der Waals surface area contributed by atoms with Crippen LogP contribution >= 0.6 is 15.9 Å². The summed E-state index contributed by atoms with van der Waals surface area (Å²) in [7, 11) is -2.14. The molecule has 0 saturated carbocycles. The topological polar surface area (TPSA) is 40.5 Å². The van der Waals surface area contributed by atoms with E-state index in [1.165, 1.54) is 0 Å². The Morgan fingerprint density at radius 2 is 0.553 bits per heavy atom. The Balaban J connectivity index is 0.000000173. The standard InChI is InChI=1S/C36H24.C20H13Br.C16H13BO2/c1-3-13-25(14-4-1)27-23-24-34(29-18-8-7-17-28(27)29)36-32-21-11-9-19-30(32)35(26-15-5-2-6-16-26)31-20-10-12-22-33(31)36;21-20-17-12-6-4-10-15(17)19(14-8-2-1-3-9-14)16-11-5-7-13-18(16)20;18-17(19)16-11-10-13(12-6-2-1-3-7-12)14-8-4-5-9-15(14)16/h1-24H;1-13H;1-11,18-19H/i2D,5D,6D,7D,8D,9D,10D,11D,12D,15D,16D,17D,18D,19D,20D,21D,22D,23D,24D;1D,2D,3D,4D,5D,6D,7D,8D,9D,10D,11D,12D,13D;4D,5D,8D,9D,10D,11D. The predicted octanol–water partition coefficient (Wildman–Crippen LogP) is 18.8. The lowest BCUT2D eigenvalue weighted by Crippen LogP contribution is -2.30. The van der Waals surface area contributed by atoms with Crippen LogP contribution < -0.4 is 5.46 Å². The molecular weight excluding hydrogens is 988 g/mol. The molecule has 14 aromatic rings. The van der Waals surface area contributed by atoms with Gasteiger partial charge in [0.1, 0.15) is 0 Å². The zero-order valence-corrected chi connectivity index (χ0v) is 40.2. The molecule has 2 nitrogen and oxygen atoms in total. The van der Waals surface area contributed by atoms with Crippen LogP contribution in [0.2, 0.25) is 0 Å². The Morgan fingerprint density at radius 3 is 0.961 bits per heavy atom. The van der Waals surface area contributed by atoms with Gasteiger partial charge in [0.25, 0.3) is 0 Å². The first-order chi connectivity index (χ1) is 53.3. The van der Waals surface area contributed by atoms with Gasteiger partial charge in [0, 0.05) is 4.47 Å². The van der Waals surface area contributed by atoms with E-state index < -0.39 is 279 Å². The quantitative estimate of drug-likeness (QED) is 0.129. The molecule has 14 rings (SSSR count). The molecule has 14 aromatic carbocycles. The summed E-state index contributed by atoms with van der Waals surface area (Å²) in [5, 5.41) is 15.6. The largest absolute Gasteiger partial charge is 0.489 e. The molecule has 0 saturated heterocycles. The van der Waals surface area contributed by atoms with E-state index in [0.29, 0.717) is 11.1 Å². The van der Waals surface area contributed by atoms with Crippen molar-refractivity contribution in [1.29, 1.82) is 0 Å². The minimum absolute atomic E-state index is 0.00120. The summed E-state index contributed by atoms with van der Waals surface area (Å²) in [5.41, 5.74) is -2.40. The van der Waals surface area contributed by atoms with E-state index in [1.807, 2.05) is 0 Å². The van der Waals surface area contributed by atoms with Gasteiger partial charge in [-0.25, -0.2) is 0 Å². The SMILES string of the molecule is [2H]c1c([2H])c([2H])c(-c2c3c([2H])c([2H])c([2H])c([2H])c3c(-c3c([2H])c([2H])c(-c4ccccc4)c4c([2H])c([2H])c([2H])c([2H])c34)c3c([2H])c([2H])c([2H])c([2H])c23)c([2H])c1[2H].[2H]c1c([2H])c([2H])c(-c2c3c([2H])c([2H])c([2H])c([2H])c3c(Br)c3c([2H])c([2H])c([2H])c([2H])c23)c([2H])c1[2H].[2H]c1c([2H])c([2H])c2c(-c3ccccc3)c([2H])c([2H])c(B(O)O)c2c1[2H]. The average Bonchev–Trinajstić information content (AvgIpc) is 0.688. The zero-order valence-electron chi connectivity index (χ0n) is 76.6. The summed E-state index contributed by atoms with van der Waals surface area (Å²) in [6.45, 7) is 0. The highest BCUT2D eigenvalue weighted by Crippen LogP contribution is 2.47. The van der Waals surface area contributed by atoms with Gasteiger partial charge in [-0.15, -0.1) is 0 Å². The van der Waals surface area contributed by atoms with Crippen molar-refractivity contribution in [3.63, 3.8) is 0 Å². The maximum absolute atomic E-state index is 9.66. The van der Waals surface area contributed by atoms with Crippen LogP contribution in [-0.2, 0) is 0 Å². The molecule has 0 aromatic heterocycles. The Morgan fingerprint density at radius 1 is 0.263 bits per heavy atom. The predicted molar refractivity (Wildman–Crippen MR) is 329 cm³/mol. The number of benzene rings is 14. The van der Waals surface area contributed by atoms with Gasteiger partial charge in [0.2, 0.25) is 0 Å². The summed E-state index contributed by atoms with van der Waals surface area (Å²) in [6, 6.07) is -9.09. The maximum atomic E-state index is 9.66. The fraction of sp³-hybridized carbons (Fsp3) is 0. The normalized spacial score (nSPS) is 18.1. The van der Waals surface area contributed by atoms with Crippen LogP contribution in [0, 0.1) is 0 Å². The molecule has 0 bridgehead atoms. The minimum atomic E-state index is -2.14. The van der Waals surface area contributed by atoms with Crippen molar-refractivity contribution in [2.45, 2.75) is 0 Å². The van der Waals surface area contributed by atoms with E-state index in [0.717, 1.165) is 0 Å². The molecule has 360 valence electrons. The van der Waals surface area contributed by atoms with Crippen molar-refractivity contribution < 1.29 is 62.1 Å². The second-order valence-electron chi connectivity index (χ2n) is 16.1. The Hall–Kier alpha value is -8.90. The lowest BCUT2D eigenvalue weighted by Gasteiger charge is -2.19. The van der Waals surface area contributed by atoms with Gasteiger partial charge in [0.05, 0.1) is 52.1 Å². The number of fused-ring (bicyclic) bond motifs is 6. The Labute approximate surface area is 505 Å². The summed E-state index contributed by atoms with van der Waals surface area (Å²) in [6.07, 6.45) is 0. The van der Waals surface area contributed by atoms with E-state index in [2.05, 4.69) is 15.9 Å². The number of hydrogen-bond donors (Lipinski definition) is 2. The highest BCUT2D eigenvalue weighted by molar-refractivity contribution is 9.10. The molecule has 0 aliphatic carbocycles. The van der Waals surface area contributed by atoms with Gasteiger partial charge in [-0.2, -0.15) is 0 Å². The molecule has 4 heteroatoms. The fourth-order valence-electron chi connectivity index (χ4n) is 8.62. The van der Waals surface area contributed by atoms with Crippen molar-refractivity contribution in [2.75, 3.05) is 0 Å².